The lowest BCUT2D eigenvalue weighted by molar-refractivity contribution is -0.123. The van der Waals surface area contributed by atoms with E-state index >= 15 is 0 Å². The highest BCUT2D eigenvalue weighted by molar-refractivity contribution is 14.1. The second kappa shape index (κ2) is 9.16. The zero-order valence-corrected chi connectivity index (χ0v) is 17.9. The van der Waals surface area contributed by atoms with Crippen molar-refractivity contribution in [3.8, 4) is 11.5 Å². The molecule has 3 rings (SSSR count). The van der Waals surface area contributed by atoms with Crippen LogP contribution in [0.15, 0.2) is 48.0 Å². The van der Waals surface area contributed by atoms with Crippen molar-refractivity contribution in [1.82, 2.24) is 10.6 Å². The van der Waals surface area contributed by atoms with E-state index in [-0.39, 0.29) is 10.7 Å². The molecule has 2 amide bonds. The fraction of sp³-hybridized carbons (Fsp3) is 0.150. The van der Waals surface area contributed by atoms with E-state index in [1.807, 2.05) is 43.3 Å². The van der Waals surface area contributed by atoms with Gasteiger partial charge >= 0.3 is 0 Å². The summed E-state index contributed by atoms with van der Waals surface area (Å²) in [7, 11) is 0. The Morgan fingerprint density at radius 2 is 1.75 bits per heavy atom. The predicted molar refractivity (Wildman–Crippen MR) is 118 cm³/mol. The molecule has 0 spiro atoms. The Hall–Kier alpha value is -2.46. The lowest BCUT2D eigenvalue weighted by atomic mass is 10.1. The van der Waals surface area contributed by atoms with Crippen molar-refractivity contribution in [3.05, 3.63) is 62.7 Å². The number of ether oxygens (including phenoxy) is 2. The van der Waals surface area contributed by atoms with Gasteiger partial charge in [-0.2, -0.15) is 0 Å². The Bertz CT molecular complexity index is 938. The predicted octanol–water partition coefficient (Wildman–Crippen LogP) is 3.18. The maximum Gasteiger partial charge on any atom is 0.263 e. The van der Waals surface area contributed by atoms with Crippen molar-refractivity contribution in [2.75, 3.05) is 6.61 Å². The van der Waals surface area contributed by atoms with E-state index in [4.69, 9.17) is 21.7 Å². The lowest BCUT2D eigenvalue weighted by Gasteiger charge is -2.17. The van der Waals surface area contributed by atoms with Crippen molar-refractivity contribution < 1.29 is 19.1 Å². The summed E-state index contributed by atoms with van der Waals surface area (Å²) in [5.41, 5.74) is 1.66. The lowest BCUT2D eigenvalue weighted by Crippen LogP contribution is -2.51. The minimum atomic E-state index is -0.536. The highest BCUT2D eigenvalue weighted by Crippen LogP contribution is 2.35. The molecule has 0 radical (unpaired) electrons. The molecule has 1 aliphatic rings. The highest BCUT2D eigenvalue weighted by atomic mass is 127. The van der Waals surface area contributed by atoms with Gasteiger partial charge in [0.15, 0.2) is 16.6 Å². The van der Waals surface area contributed by atoms with Crippen molar-refractivity contribution in [1.29, 1.82) is 0 Å². The average molecular weight is 508 g/mol. The Morgan fingerprint density at radius 1 is 1.07 bits per heavy atom. The molecule has 28 heavy (non-hydrogen) atoms. The second-order valence-corrected chi connectivity index (χ2v) is 7.40. The molecule has 0 unspecified atom stereocenters. The first-order valence-electron chi connectivity index (χ1n) is 8.49. The molecule has 0 aromatic heterocycles. The number of halogens is 1. The SMILES string of the molecule is CCOc1cc(C=C2C(=O)NC(=S)NC2=O)cc(I)c1OCc1ccccc1. The first-order chi connectivity index (χ1) is 13.5. The molecule has 144 valence electrons. The van der Waals surface area contributed by atoms with E-state index in [1.165, 1.54) is 6.08 Å². The van der Waals surface area contributed by atoms with Crippen molar-refractivity contribution in [2.24, 2.45) is 0 Å². The topological polar surface area (TPSA) is 76.7 Å². The van der Waals surface area contributed by atoms with Gasteiger partial charge in [0, 0.05) is 0 Å². The van der Waals surface area contributed by atoms with Crippen LogP contribution in [0.3, 0.4) is 0 Å². The van der Waals surface area contributed by atoms with Crippen LogP contribution in [0.2, 0.25) is 0 Å². The van der Waals surface area contributed by atoms with Gasteiger partial charge in [0.05, 0.1) is 10.2 Å². The quantitative estimate of drug-likeness (QED) is 0.272. The average Bonchev–Trinajstić information content (AvgIpc) is 2.65. The monoisotopic (exact) mass is 508 g/mol. The molecular weight excluding hydrogens is 491 g/mol. The molecule has 0 saturated carbocycles. The standard InChI is InChI=1S/C20H17IN2O4S/c1-2-26-16-10-13(8-14-18(24)22-20(28)23-19(14)25)9-15(21)17(16)27-11-12-6-4-3-5-7-12/h3-10H,2,11H2,1H3,(H2,22,23,24,25,28). The molecule has 6 nitrogen and oxygen atoms in total. The molecule has 2 N–H and O–H groups in total. The maximum atomic E-state index is 12.1. The third kappa shape index (κ3) is 4.87. The Labute approximate surface area is 181 Å². The molecule has 8 heteroatoms. The van der Waals surface area contributed by atoms with E-state index in [1.54, 1.807) is 6.07 Å². The normalized spacial score (nSPS) is 13.6. The molecule has 0 aliphatic carbocycles. The van der Waals surface area contributed by atoms with Crippen LogP contribution in [-0.4, -0.2) is 23.5 Å². The summed E-state index contributed by atoms with van der Waals surface area (Å²) in [5, 5.41) is 4.84. The zero-order chi connectivity index (χ0) is 20.1. The molecule has 1 saturated heterocycles. The number of rotatable bonds is 6. The number of nitrogens with one attached hydrogen (secondary N) is 2. The van der Waals surface area contributed by atoms with Gasteiger partial charge in [-0.1, -0.05) is 30.3 Å². The van der Waals surface area contributed by atoms with Crippen LogP contribution in [0.4, 0.5) is 0 Å². The van der Waals surface area contributed by atoms with Crippen LogP contribution in [-0.2, 0) is 16.2 Å². The van der Waals surface area contributed by atoms with Gasteiger partial charge in [-0.25, -0.2) is 0 Å². The molecule has 1 fully saturated rings. The molecular formula is C20H17IN2O4S. The van der Waals surface area contributed by atoms with Crippen LogP contribution in [0, 0.1) is 3.57 Å². The summed E-state index contributed by atoms with van der Waals surface area (Å²) in [5.74, 6) is 0.0914. The van der Waals surface area contributed by atoms with Crippen LogP contribution in [0.1, 0.15) is 18.1 Å². The third-order valence-electron chi connectivity index (χ3n) is 3.81. The van der Waals surface area contributed by atoms with Gasteiger partial charge < -0.3 is 9.47 Å². The molecule has 0 atom stereocenters. The fourth-order valence-electron chi connectivity index (χ4n) is 2.58. The number of hydrogen-bond donors (Lipinski definition) is 2. The van der Waals surface area contributed by atoms with E-state index in [9.17, 15) is 9.59 Å². The number of amides is 2. The van der Waals surface area contributed by atoms with Gasteiger partial charge in [-0.3, -0.25) is 20.2 Å². The summed E-state index contributed by atoms with van der Waals surface area (Å²) in [4.78, 5) is 24.1. The molecule has 2 aromatic rings. The Morgan fingerprint density at radius 3 is 2.39 bits per heavy atom. The van der Waals surface area contributed by atoms with Gasteiger partial charge in [0.1, 0.15) is 12.2 Å². The van der Waals surface area contributed by atoms with E-state index in [0.29, 0.717) is 30.3 Å². The molecule has 1 heterocycles. The van der Waals surface area contributed by atoms with Crippen molar-refractivity contribution in [3.63, 3.8) is 0 Å². The van der Waals surface area contributed by atoms with E-state index < -0.39 is 11.8 Å². The van der Waals surface area contributed by atoms with Gasteiger partial charge in [-0.15, -0.1) is 0 Å². The van der Waals surface area contributed by atoms with Gasteiger partial charge in [-0.05, 0) is 71.1 Å². The molecule has 2 aromatic carbocycles. The van der Waals surface area contributed by atoms with Gasteiger partial charge in [0.2, 0.25) is 0 Å². The molecule has 0 bridgehead atoms. The Balaban J connectivity index is 1.90. The largest absolute Gasteiger partial charge is 0.490 e. The number of carbonyl (C=O) groups is 2. The molecule has 1 aliphatic heterocycles. The van der Waals surface area contributed by atoms with Crippen LogP contribution < -0.4 is 20.1 Å². The van der Waals surface area contributed by atoms with Crippen LogP contribution in [0.25, 0.3) is 6.08 Å². The second-order valence-electron chi connectivity index (χ2n) is 5.83. The highest BCUT2D eigenvalue weighted by Gasteiger charge is 2.26. The summed E-state index contributed by atoms with van der Waals surface area (Å²) < 4.78 is 12.5. The Kier molecular flexibility index (Phi) is 6.63. The number of hydrogen-bond acceptors (Lipinski definition) is 5. The maximum absolute atomic E-state index is 12.1. The minimum Gasteiger partial charge on any atom is -0.490 e. The van der Waals surface area contributed by atoms with Crippen molar-refractivity contribution >= 4 is 57.8 Å². The number of carbonyl (C=O) groups excluding carboxylic acids is 2. The summed E-state index contributed by atoms with van der Waals surface area (Å²) in [6, 6.07) is 13.4. The fourth-order valence-corrected chi connectivity index (χ4v) is 3.54. The van der Waals surface area contributed by atoms with Crippen molar-refractivity contribution in [2.45, 2.75) is 13.5 Å². The number of benzene rings is 2. The van der Waals surface area contributed by atoms with Crippen LogP contribution in [0.5, 0.6) is 11.5 Å². The summed E-state index contributed by atoms with van der Waals surface area (Å²) >= 11 is 6.96. The smallest absolute Gasteiger partial charge is 0.263 e. The van der Waals surface area contributed by atoms with Gasteiger partial charge in [0.25, 0.3) is 11.8 Å². The third-order valence-corrected chi connectivity index (χ3v) is 4.82. The van der Waals surface area contributed by atoms with E-state index in [2.05, 4.69) is 33.2 Å². The minimum absolute atomic E-state index is 0.00129. The summed E-state index contributed by atoms with van der Waals surface area (Å²) in [6.45, 7) is 2.73. The first-order valence-corrected chi connectivity index (χ1v) is 9.98. The van der Waals surface area contributed by atoms with Crippen LogP contribution >= 0.6 is 34.8 Å². The number of thiocarbonyl (C=S) groups is 1. The summed E-state index contributed by atoms with van der Waals surface area (Å²) in [6.07, 6.45) is 1.50. The van der Waals surface area contributed by atoms with E-state index in [0.717, 1.165) is 9.13 Å². The zero-order valence-electron chi connectivity index (χ0n) is 15.0. The first kappa shape index (κ1) is 20.3.